The average molecular weight is 395 g/mol. The van der Waals surface area contributed by atoms with Gasteiger partial charge in [-0.25, -0.2) is 0 Å². The van der Waals surface area contributed by atoms with E-state index in [1.807, 2.05) is 30.3 Å². The van der Waals surface area contributed by atoms with E-state index in [-0.39, 0.29) is 5.38 Å². The van der Waals surface area contributed by atoms with Crippen molar-refractivity contribution in [3.8, 4) is 5.75 Å². The van der Waals surface area contributed by atoms with Crippen molar-refractivity contribution in [2.75, 3.05) is 7.11 Å². The first-order valence-corrected chi connectivity index (χ1v) is 7.92. The number of alkyl halides is 1. The molecule has 0 saturated carbocycles. The SMILES string of the molecule is COc1c(Br)cc(Cl)cc1C(Cl)Cc1ccccc1Cl. The van der Waals surface area contributed by atoms with Crippen LogP contribution in [-0.4, -0.2) is 7.11 Å². The molecule has 0 bridgehead atoms. The van der Waals surface area contributed by atoms with Crippen LogP contribution < -0.4 is 4.74 Å². The van der Waals surface area contributed by atoms with Crippen LogP contribution in [0.2, 0.25) is 10.0 Å². The summed E-state index contributed by atoms with van der Waals surface area (Å²) >= 11 is 22.2. The Kier molecular flexibility index (Phi) is 5.62. The Labute approximate surface area is 141 Å². The van der Waals surface area contributed by atoms with E-state index in [2.05, 4.69) is 15.9 Å². The van der Waals surface area contributed by atoms with Gasteiger partial charge in [0, 0.05) is 15.6 Å². The summed E-state index contributed by atoms with van der Waals surface area (Å²) in [6.07, 6.45) is 0.602. The molecule has 1 unspecified atom stereocenters. The van der Waals surface area contributed by atoms with Crippen LogP contribution in [0.5, 0.6) is 5.75 Å². The highest BCUT2D eigenvalue weighted by Gasteiger charge is 2.18. The van der Waals surface area contributed by atoms with E-state index >= 15 is 0 Å². The van der Waals surface area contributed by atoms with Crippen LogP contribution in [-0.2, 0) is 6.42 Å². The van der Waals surface area contributed by atoms with E-state index in [0.29, 0.717) is 22.2 Å². The highest BCUT2D eigenvalue weighted by molar-refractivity contribution is 9.10. The highest BCUT2D eigenvalue weighted by atomic mass is 79.9. The third-order valence-electron chi connectivity index (χ3n) is 2.94. The predicted octanol–water partition coefficient (Wildman–Crippen LogP) is 6.29. The molecule has 2 rings (SSSR count). The zero-order chi connectivity index (χ0) is 14.7. The van der Waals surface area contributed by atoms with Gasteiger partial charge in [0.05, 0.1) is 17.0 Å². The fraction of sp³-hybridized carbons (Fsp3) is 0.200. The van der Waals surface area contributed by atoms with Gasteiger partial charge in [0.1, 0.15) is 5.75 Å². The first-order chi connectivity index (χ1) is 9.52. The molecule has 0 N–H and O–H groups in total. The van der Waals surface area contributed by atoms with E-state index in [1.54, 1.807) is 13.2 Å². The molecule has 0 saturated heterocycles. The van der Waals surface area contributed by atoms with Crippen molar-refractivity contribution in [3.63, 3.8) is 0 Å². The van der Waals surface area contributed by atoms with Gasteiger partial charge in [-0.05, 0) is 46.1 Å². The van der Waals surface area contributed by atoms with E-state index in [0.717, 1.165) is 15.6 Å². The van der Waals surface area contributed by atoms with E-state index in [1.165, 1.54) is 0 Å². The lowest BCUT2D eigenvalue weighted by atomic mass is 10.0. The number of hydrogen-bond donors (Lipinski definition) is 0. The van der Waals surface area contributed by atoms with Crippen molar-refractivity contribution >= 4 is 50.7 Å². The first kappa shape index (κ1) is 16.0. The predicted molar refractivity (Wildman–Crippen MR) is 89.5 cm³/mol. The Morgan fingerprint density at radius 2 is 1.90 bits per heavy atom. The van der Waals surface area contributed by atoms with Crippen molar-refractivity contribution in [1.82, 2.24) is 0 Å². The summed E-state index contributed by atoms with van der Waals surface area (Å²) < 4.78 is 6.18. The summed E-state index contributed by atoms with van der Waals surface area (Å²) in [5.41, 5.74) is 1.83. The Morgan fingerprint density at radius 3 is 2.55 bits per heavy atom. The highest BCUT2D eigenvalue weighted by Crippen LogP contribution is 2.40. The molecule has 0 amide bonds. The second kappa shape index (κ2) is 7.04. The number of hydrogen-bond acceptors (Lipinski definition) is 1. The normalized spacial score (nSPS) is 12.2. The van der Waals surface area contributed by atoms with E-state index < -0.39 is 0 Å². The lowest BCUT2D eigenvalue weighted by Crippen LogP contribution is -2.00. The van der Waals surface area contributed by atoms with Gasteiger partial charge in [-0.3, -0.25) is 0 Å². The fourth-order valence-electron chi connectivity index (χ4n) is 2.00. The van der Waals surface area contributed by atoms with E-state index in [4.69, 9.17) is 39.5 Å². The van der Waals surface area contributed by atoms with E-state index in [9.17, 15) is 0 Å². The Hall–Kier alpha value is -0.410. The lowest BCUT2D eigenvalue weighted by molar-refractivity contribution is 0.406. The van der Waals surface area contributed by atoms with Crippen LogP contribution in [0.3, 0.4) is 0 Å². The molecular weight excluding hydrogens is 382 g/mol. The third kappa shape index (κ3) is 3.62. The molecular formula is C15H12BrCl3O. The number of methoxy groups -OCH3 is 1. The molecule has 2 aromatic carbocycles. The summed E-state index contributed by atoms with van der Waals surface area (Å²) in [5, 5.41) is 1.04. The van der Waals surface area contributed by atoms with Crippen molar-refractivity contribution in [1.29, 1.82) is 0 Å². The van der Waals surface area contributed by atoms with Crippen LogP contribution >= 0.6 is 50.7 Å². The number of halogens is 4. The molecule has 0 fully saturated rings. The molecule has 0 aliphatic heterocycles. The van der Waals surface area contributed by atoms with Gasteiger partial charge in [-0.2, -0.15) is 0 Å². The minimum Gasteiger partial charge on any atom is -0.495 e. The van der Waals surface area contributed by atoms with Gasteiger partial charge < -0.3 is 4.74 Å². The van der Waals surface area contributed by atoms with Crippen molar-refractivity contribution < 1.29 is 4.74 Å². The maximum absolute atomic E-state index is 6.52. The monoisotopic (exact) mass is 392 g/mol. The van der Waals surface area contributed by atoms with Gasteiger partial charge in [0.25, 0.3) is 0 Å². The van der Waals surface area contributed by atoms with Gasteiger partial charge in [0.2, 0.25) is 0 Å². The molecule has 0 spiro atoms. The molecule has 0 aliphatic rings. The summed E-state index contributed by atoms with van der Waals surface area (Å²) in [6.45, 7) is 0. The largest absolute Gasteiger partial charge is 0.495 e. The smallest absolute Gasteiger partial charge is 0.137 e. The maximum atomic E-state index is 6.52. The number of ether oxygens (including phenoxy) is 1. The second-order valence-electron chi connectivity index (χ2n) is 4.27. The molecule has 2 aromatic rings. The summed E-state index contributed by atoms with van der Waals surface area (Å²) in [4.78, 5) is 0. The first-order valence-electron chi connectivity index (χ1n) is 5.93. The van der Waals surface area contributed by atoms with Crippen molar-refractivity contribution in [2.45, 2.75) is 11.8 Å². The summed E-state index contributed by atoms with van der Waals surface area (Å²) in [5.74, 6) is 0.696. The van der Waals surface area contributed by atoms with Crippen LogP contribution in [0.4, 0.5) is 0 Å². The van der Waals surface area contributed by atoms with Crippen molar-refractivity contribution in [2.24, 2.45) is 0 Å². The number of rotatable bonds is 4. The molecule has 0 radical (unpaired) electrons. The standard InChI is InChI=1S/C15H12BrCl3O/c1-20-15-11(7-10(17)8-12(15)16)14(19)6-9-4-2-3-5-13(9)18/h2-5,7-8,14H,6H2,1H3. The molecule has 0 heterocycles. The minimum atomic E-state index is -0.278. The Balaban J connectivity index is 2.34. The quantitative estimate of drug-likeness (QED) is 0.554. The molecule has 5 heteroatoms. The Morgan fingerprint density at radius 1 is 1.20 bits per heavy atom. The minimum absolute atomic E-state index is 0.278. The van der Waals surface area contributed by atoms with Crippen LogP contribution in [0, 0.1) is 0 Å². The lowest BCUT2D eigenvalue weighted by Gasteiger charge is -2.16. The average Bonchev–Trinajstić information content (AvgIpc) is 2.40. The van der Waals surface area contributed by atoms with Gasteiger partial charge in [-0.1, -0.05) is 41.4 Å². The molecule has 1 nitrogen and oxygen atoms in total. The maximum Gasteiger partial charge on any atom is 0.137 e. The fourth-order valence-corrected chi connectivity index (χ4v) is 3.53. The summed E-state index contributed by atoms with van der Waals surface area (Å²) in [7, 11) is 1.61. The second-order valence-corrected chi connectivity index (χ2v) is 6.50. The molecule has 20 heavy (non-hydrogen) atoms. The number of benzene rings is 2. The van der Waals surface area contributed by atoms with Crippen LogP contribution in [0.1, 0.15) is 16.5 Å². The zero-order valence-corrected chi connectivity index (χ0v) is 14.5. The third-order valence-corrected chi connectivity index (χ3v) is 4.50. The molecule has 1 atom stereocenters. The molecule has 0 aliphatic carbocycles. The topological polar surface area (TPSA) is 9.23 Å². The van der Waals surface area contributed by atoms with Gasteiger partial charge in [-0.15, -0.1) is 11.6 Å². The van der Waals surface area contributed by atoms with Crippen LogP contribution in [0.25, 0.3) is 0 Å². The summed E-state index contributed by atoms with van der Waals surface area (Å²) in [6, 6.07) is 11.2. The Bertz CT molecular complexity index is 616. The van der Waals surface area contributed by atoms with Crippen LogP contribution in [0.15, 0.2) is 40.9 Å². The van der Waals surface area contributed by atoms with Crippen molar-refractivity contribution in [3.05, 3.63) is 62.0 Å². The zero-order valence-electron chi connectivity index (χ0n) is 10.7. The van der Waals surface area contributed by atoms with Gasteiger partial charge >= 0.3 is 0 Å². The van der Waals surface area contributed by atoms with Gasteiger partial charge in [0.15, 0.2) is 0 Å². The molecule has 106 valence electrons. The molecule has 0 aromatic heterocycles.